The Balaban J connectivity index is 1.89. The van der Waals surface area contributed by atoms with Crippen molar-refractivity contribution in [1.82, 2.24) is 14.8 Å². The lowest BCUT2D eigenvalue weighted by molar-refractivity contribution is -0.137. The maximum Gasteiger partial charge on any atom is 0.195 e. The van der Waals surface area contributed by atoms with Gasteiger partial charge in [-0.05, 0) is 67.5 Å². The van der Waals surface area contributed by atoms with Gasteiger partial charge in [-0.15, -0.1) is 0 Å². The highest BCUT2D eigenvalue weighted by Crippen LogP contribution is 2.68. The van der Waals surface area contributed by atoms with E-state index >= 15 is 0 Å². The van der Waals surface area contributed by atoms with Gasteiger partial charge in [-0.1, -0.05) is 27.7 Å². The smallest absolute Gasteiger partial charge is 0.195 e. The number of H-pyrrole nitrogens is 1. The molecule has 2 atom stereocenters. The van der Waals surface area contributed by atoms with Crippen LogP contribution in [-0.2, 0) is 5.54 Å². The third kappa shape index (κ3) is 1.90. The lowest BCUT2D eigenvalue weighted by Gasteiger charge is -2.65. The van der Waals surface area contributed by atoms with Crippen molar-refractivity contribution >= 4 is 12.2 Å². The first kappa shape index (κ1) is 14.0. The van der Waals surface area contributed by atoms with Crippen LogP contribution in [0.4, 0.5) is 0 Å². The second-order valence-corrected chi connectivity index (χ2v) is 9.62. The Bertz CT molecular complexity index is 623. The zero-order valence-corrected chi connectivity index (χ0v) is 14.5. The number of rotatable bonds is 2. The second-order valence-electron chi connectivity index (χ2n) is 9.23. The summed E-state index contributed by atoms with van der Waals surface area (Å²) >= 11 is 5.64. The van der Waals surface area contributed by atoms with Gasteiger partial charge in [0, 0.05) is 11.5 Å². The van der Waals surface area contributed by atoms with E-state index in [0.717, 1.165) is 16.5 Å². The molecule has 5 rings (SSSR count). The summed E-state index contributed by atoms with van der Waals surface area (Å²) in [7, 11) is 0. The first-order valence-electron chi connectivity index (χ1n) is 8.42. The summed E-state index contributed by atoms with van der Waals surface area (Å²) in [5.74, 6) is 2.47. The van der Waals surface area contributed by atoms with Crippen molar-refractivity contribution in [3.8, 4) is 0 Å². The van der Waals surface area contributed by atoms with Crippen LogP contribution in [0.15, 0.2) is 0 Å². The minimum Gasteiger partial charge on any atom is -0.298 e. The molecule has 4 heteroatoms. The second kappa shape index (κ2) is 4.01. The molecule has 1 heterocycles. The van der Waals surface area contributed by atoms with E-state index in [9.17, 15) is 0 Å². The number of hydrogen-bond donors (Lipinski definition) is 1. The van der Waals surface area contributed by atoms with Gasteiger partial charge < -0.3 is 0 Å². The van der Waals surface area contributed by atoms with Crippen LogP contribution in [0.25, 0.3) is 0 Å². The highest BCUT2D eigenvalue weighted by atomic mass is 32.1. The van der Waals surface area contributed by atoms with Crippen LogP contribution < -0.4 is 0 Å². The normalized spacial score (nSPS) is 44.7. The molecule has 4 saturated carbocycles. The van der Waals surface area contributed by atoms with Crippen molar-refractivity contribution < 1.29 is 0 Å². The van der Waals surface area contributed by atoms with Crippen molar-refractivity contribution in [2.75, 3.05) is 0 Å². The largest absolute Gasteiger partial charge is 0.298 e. The average molecular weight is 305 g/mol. The summed E-state index contributed by atoms with van der Waals surface area (Å²) in [6.07, 6.45) is 8.14. The molecule has 21 heavy (non-hydrogen) atoms. The highest BCUT2D eigenvalue weighted by Gasteiger charge is 2.61. The molecule has 2 unspecified atom stereocenters. The first-order valence-corrected chi connectivity index (χ1v) is 8.83. The van der Waals surface area contributed by atoms with Crippen molar-refractivity contribution in [1.29, 1.82) is 0 Å². The van der Waals surface area contributed by atoms with E-state index < -0.39 is 0 Å². The van der Waals surface area contributed by atoms with Crippen molar-refractivity contribution in [2.24, 2.45) is 16.7 Å². The lowest BCUT2D eigenvalue weighted by atomic mass is 9.42. The van der Waals surface area contributed by atoms with Crippen LogP contribution in [0, 0.1) is 21.5 Å². The summed E-state index contributed by atoms with van der Waals surface area (Å²) < 4.78 is 3.28. The fourth-order valence-corrected chi connectivity index (χ4v) is 7.12. The third-order valence-electron chi connectivity index (χ3n) is 6.29. The molecule has 0 radical (unpaired) electrons. The quantitative estimate of drug-likeness (QED) is 0.799. The van der Waals surface area contributed by atoms with Crippen LogP contribution in [-0.4, -0.2) is 14.8 Å². The molecule has 0 aliphatic heterocycles. The number of nitrogens with one attached hydrogen (secondary N) is 1. The fraction of sp³-hybridized carbons (Fsp3) is 0.882. The maximum atomic E-state index is 5.64. The van der Waals surface area contributed by atoms with Crippen LogP contribution in [0.5, 0.6) is 0 Å². The Kier molecular flexibility index (Phi) is 2.67. The van der Waals surface area contributed by atoms with E-state index in [4.69, 9.17) is 12.2 Å². The molecular formula is C17H27N3S. The van der Waals surface area contributed by atoms with E-state index in [1.54, 1.807) is 0 Å². The molecule has 1 N–H and O–H groups in total. The standard InChI is InChI=1S/C17H27N3S/c1-11(2)13-18-19-14(21)20(13)17-7-12-5-15(3,9-17)8-16(4,6-12)10-17/h11-12H,5-10H2,1-4H3,(H,19,21). The minimum atomic E-state index is 0.229. The maximum absolute atomic E-state index is 5.64. The van der Waals surface area contributed by atoms with Gasteiger partial charge in [-0.25, -0.2) is 0 Å². The summed E-state index contributed by atoms with van der Waals surface area (Å²) in [5, 5.41) is 7.65. The van der Waals surface area contributed by atoms with E-state index in [0.29, 0.717) is 16.7 Å². The SMILES string of the molecule is CC(C)c1n[nH]c(=S)n1C12CC3CC(C)(CC(C)(C3)C1)C2. The zero-order chi connectivity index (χ0) is 15.0. The van der Waals surface area contributed by atoms with Crippen LogP contribution in [0.3, 0.4) is 0 Å². The molecule has 0 saturated heterocycles. The van der Waals surface area contributed by atoms with Gasteiger partial charge in [-0.3, -0.25) is 9.67 Å². The summed E-state index contributed by atoms with van der Waals surface area (Å²) in [6, 6.07) is 0. The molecule has 4 aliphatic carbocycles. The Morgan fingerprint density at radius 1 is 1.14 bits per heavy atom. The monoisotopic (exact) mass is 305 g/mol. The predicted molar refractivity (Wildman–Crippen MR) is 86.9 cm³/mol. The molecule has 0 spiro atoms. The zero-order valence-electron chi connectivity index (χ0n) is 13.7. The van der Waals surface area contributed by atoms with Gasteiger partial charge in [0.05, 0.1) is 0 Å². The first-order chi connectivity index (χ1) is 9.74. The Labute approximate surface area is 132 Å². The molecule has 1 aromatic rings. The summed E-state index contributed by atoms with van der Waals surface area (Å²) in [5.41, 5.74) is 1.25. The summed E-state index contributed by atoms with van der Waals surface area (Å²) in [6.45, 7) is 9.49. The fourth-order valence-electron chi connectivity index (χ4n) is 6.79. The van der Waals surface area contributed by atoms with Gasteiger partial charge >= 0.3 is 0 Å². The van der Waals surface area contributed by atoms with Crippen LogP contribution >= 0.6 is 12.2 Å². The molecule has 0 aromatic carbocycles. The minimum absolute atomic E-state index is 0.229. The molecule has 1 aromatic heterocycles. The number of hydrogen-bond acceptors (Lipinski definition) is 2. The number of aromatic nitrogens is 3. The Hall–Kier alpha value is -0.640. The van der Waals surface area contributed by atoms with Gasteiger partial charge in [0.25, 0.3) is 0 Å². The van der Waals surface area contributed by atoms with Gasteiger partial charge in [0.1, 0.15) is 5.82 Å². The van der Waals surface area contributed by atoms with Crippen LogP contribution in [0.2, 0.25) is 0 Å². The molecule has 4 bridgehead atoms. The lowest BCUT2D eigenvalue weighted by Crippen LogP contribution is -2.59. The molecule has 0 amide bonds. The van der Waals surface area contributed by atoms with Crippen molar-refractivity contribution in [3.63, 3.8) is 0 Å². The topological polar surface area (TPSA) is 33.6 Å². The van der Waals surface area contributed by atoms with Crippen molar-refractivity contribution in [2.45, 2.75) is 77.7 Å². The van der Waals surface area contributed by atoms with E-state index in [-0.39, 0.29) is 5.54 Å². The molecular weight excluding hydrogens is 278 g/mol. The van der Waals surface area contributed by atoms with Gasteiger partial charge in [-0.2, -0.15) is 5.10 Å². The van der Waals surface area contributed by atoms with E-state index in [1.807, 2.05) is 0 Å². The van der Waals surface area contributed by atoms with Crippen molar-refractivity contribution in [3.05, 3.63) is 10.6 Å². The molecule has 3 nitrogen and oxygen atoms in total. The van der Waals surface area contributed by atoms with Gasteiger partial charge in [0.15, 0.2) is 4.77 Å². The number of aromatic amines is 1. The summed E-state index contributed by atoms with van der Waals surface area (Å²) in [4.78, 5) is 0. The molecule has 4 aliphatic rings. The Morgan fingerprint density at radius 3 is 2.29 bits per heavy atom. The predicted octanol–water partition coefficient (Wildman–Crippen LogP) is 4.77. The third-order valence-corrected chi connectivity index (χ3v) is 6.56. The molecule has 4 fully saturated rings. The molecule has 116 valence electrons. The van der Waals surface area contributed by atoms with Gasteiger partial charge in [0.2, 0.25) is 0 Å². The van der Waals surface area contributed by atoms with E-state index in [1.165, 1.54) is 38.5 Å². The highest BCUT2D eigenvalue weighted by molar-refractivity contribution is 7.71. The van der Waals surface area contributed by atoms with E-state index in [2.05, 4.69) is 42.5 Å². The van der Waals surface area contributed by atoms with Crippen LogP contribution in [0.1, 0.15) is 78.0 Å². The number of nitrogens with zero attached hydrogens (tertiary/aromatic N) is 2. The Morgan fingerprint density at radius 2 is 1.76 bits per heavy atom. The average Bonchev–Trinajstić information content (AvgIpc) is 2.66.